The van der Waals surface area contributed by atoms with E-state index in [9.17, 15) is 4.79 Å². The standard InChI is InChI=1S/C13H15NO2/c1-4-11-12(9(3)15)7-6-10(8-14)13(11)16-5-2/h6-7H,4-5H2,1-3H3. The number of rotatable bonds is 4. The highest BCUT2D eigenvalue weighted by Gasteiger charge is 2.15. The smallest absolute Gasteiger partial charge is 0.160 e. The first-order valence-corrected chi connectivity index (χ1v) is 5.35. The Morgan fingerprint density at radius 1 is 1.44 bits per heavy atom. The van der Waals surface area contributed by atoms with E-state index < -0.39 is 0 Å². The van der Waals surface area contributed by atoms with Crippen LogP contribution in [0.25, 0.3) is 0 Å². The van der Waals surface area contributed by atoms with Gasteiger partial charge in [0, 0.05) is 11.1 Å². The van der Waals surface area contributed by atoms with Gasteiger partial charge in [-0.2, -0.15) is 5.26 Å². The number of nitriles is 1. The summed E-state index contributed by atoms with van der Waals surface area (Å²) in [5.74, 6) is 0.558. The Balaban J connectivity index is 3.44. The maximum absolute atomic E-state index is 11.4. The van der Waals surface area contributed by atoms with E-state index in [1.807, 2.05) is 13.8 Å². The van der Waals surface area contributed by atoms with Gasteiger partial charge in [-0.05, 0) is 32.4 Å². The normalized spacial score (nSPS) is 9.62. The summed E-state index contributed by atoms with van der Waals surface area (Å²) in [6.45, 7) is 5.83. The molecule has 0 aromatic heterocycles. The Labute approximate surface area is 95.7 Å². The molecule has 0 spiro atoms. The second-order valence-electron chi connectivity index (χ2n) is 3.42. The van der Waals surface area contributed by atoms with Crippen molar-refractivity contribution >= 4 is 5.78 Å². The molecule has 0 saturated carbocycles. The molecule has 0 N–H and O–H groups in total. The summed E-state index contributed by atoms with van der Waals surface area (Å²) in [6.07, 6.45) is 0.680. The van der Waals surface area contributed by atoms with Crippen molar-refractivity contribution in [2.75, 3.05) is 6.61 Å². The molecule has 0 aliphatic heterocycles. The van der Waals surface area contributed by atoms with Crippen LogP contribution >= 0.6 is 0 Å². The number of hydrogen-bond acceptors (Lipinski definition) is 3. The molecule has 0 unspecified atom stereocenters. The molecular weight excluding hydrogens is 202 g/mol. The van der Waals surface area contributed by atoms with Gasteiger partial charge in [0.15, 0.2) is 5.78 Å². The van der Waals surface area contributed by atoms with Gasteiger partial charge < -0.3 is 4.74 Å². The van der Waals surface area contributed by atoms with Crippen LogP contribution in [0.1, 0.15) is 42.3 Å². The van der Waals surface area contributed by atoms with E-state index in [0.29, 0.717) is 29.9 Å². The van der Waals surface area contributed by atoms with Gasteiger partial charge in [-0.15, -0.1) is 0 Å². The Bertz CT molecular complexity index is 444. The summed E-state index contributed by atoms with van der Waals surface area (Å²) in [6, 6.07) is 5.42. The third kappa shape index (κ3) is 2.22. The SMILES string of the molecule is CCOc1c(C#N)ccc(C(C)=O)c1CC. The molecule has 0 amide bonds. The lowest BCUT2D eigenvalue weighted by Gasteiger charge is -2.13. The van der Waals surface area contributed by atoms with E-state index in [1.165, 1.54) is 6.92 Å². The van der Waals surface area contributed by atoms with Crippen molar-refractivity contribution in [3.8, 4) is 11.8 Å². The van der Waals surface area contributed by atoms with Gasteiger partial charge in [0.2, 0.25) is 0 Å². The van der Waals surface area contributed by atoms with Crippen LogP contribution in [-0.2, 0) is 6.42 Å². The number of hydrogen-bond donors (Lipinski definition) is 0. The first kappa shape index (κ1) is 12.3. The highest BCUT2D eigenvalue weighted by Crippen LogP contribution is 2.28. The van der Waals surface area contributed by atoms with Crippen LogP contribution in [0.4, 0.5) is 0 Å². The molecule has 0 aliphatic carbocycles. The average Bonchev–Trinajstić information content (AvgIpc) is 2.28. The summed E-state index contributed by atoms with van der Waals surface area (Å²) in [5.41, 5.74) is 1.96. The second kappa shape index (κ2) is 5.32. The molecular formula is C13H15NO2. The maximum atomic E-state index is 11.4. The zero-order valence-corrected chi connectivity index (χ0v) is 9.83. The topological polar surface area (TPSA) is 50.1 Å². The van der Waals surface area contributed by atoms with Gasteiger partial charge in [-0.3, -0.25) is 4.79 Å². The van der Waals surface area contributed by atoms with Crippen LogP contribution in [-0.4, -0.2) is 12.4 Å². The van der Waals surface area contributed by atoms with Crippen molar-refractivity contribution in [3.05, 3.63) is 28.8 Å². The quantitative estimate of drug-likeness (QED) is 0.728. The number of benzene rings is 1. The third-order valence-corrected chi connectivity index (χ3v) is 2.40. The third-order valence-electron chi connectivity index (χ3n) is 2.40. The Morgan fingerprint density at radius 2 is 2.12 bits per heavy atom. The average molecular weight is 217 g/mol. The molecule has 1 aromatic rings. The minimum absolute atomic E-state index is 0.00212. The largest absolute Gasteiger partial charge is 0.492 e. The molecule has 0 aliphatic rings. The molecule has 3 heteroatoms. The van der Waals surface area contributed by atoms with E-state index in [0.717, 1.165) is 5.56 Å². The first-order chi connectivity index (χ1) is 7.65. The summed E-state index contributed by atoms with van der Waals surface area (Å²) < 4.78 is 5.47. The number of ether oxygens (including phenoxy) is 1. The van der Waals surface area contributed by atoms with Crippen LogP contribution in [0.2, 0.25) is 0 Å². The number of carbonyl (C=O) groups is 1. The zero-order chi connectivity index (χ0) is 12.1. The van der Waals surface area contributed by atoms with Crippen molar-refractivity contribution in [1.29, 1.82) is 5.26 Å². The molecule has 0 atom stereocenters. The zero-order valence-electron chi connectivity index (χ0n) is 9.83. The van der Waals surface area contributed by atoms with Gasteiger partial charge >= 0.3 is 0 Å². The predicted molar refractivity (Wildman–Crippen MR) is 61.7 cm³/mol. The number of ketones is 1. The van der Waals surface area contributed by atoms with Crippen molar-refractivity contribution in [1.82, 2.24) is 0 Å². The lowest BCUT2D eigenvalue weighted by Crippen LogP contribution is -2.05. The first-order valence-electron chi connectivity index (χ1n) is 5.35. The summed E-state index contributed by atoms with van der Waals surface area (Å²) >= 11 is 0. The van der Waals surface area contributed by atoms with Crippen LogP contribution in [0.3, 0.4) is 0 Å². The molecule has 0 bridgehead atoms. The molecule has 0 fully saturated rings. The fraction of sp³-hybridized carbons (Fsp3) is 0.385. The summed E-state index contributed by atoms with van der Waals surface area (Å²) in [7, 11) is 0. The predicted octanol–water partition coefficient (Wildman–Crippen LogP) is 2.72. The summed E-state index contributed by atoms with van der Waals surface area (Å²) in [5, 5.41) is 8.98. The lowest BCUT2D eigenvalue weighted by molar-refractivity contribution is 0.101. The molecule has 0 radical (unpaired) electrons. The Morgan fingerprint density at radius 3 is 2.56 bits per heavy atom. The maximum Gasteiger partial charge on any atom is 0.160 e. The van der Waals surface area contributed by atoms with Gasteiger partial charge in [0.25, 0.3) is 0 Å². The van der Waals surface area contributed by atoms with Gasteiger partial charge in [0.05, 0.1) is 12.2 Å². The highest BCUT2D eigenvalue weighted by molar-refractivity contribution is 5.96. The molecule has 84 valence electrons. The lowest BCUT2D eigenvalue weighted by atomic mass is 9.98. The minimum Gasteiger partial charge on any atom is -0.492 e. The van der Waals surface area contributed by atoms with Gasteiger partial charge in [0.1, 0.15) is 11.8 Å². The highest BCUT2D eigenvalue weighted by atomic mass is 16.5. The molecule has 3 nitrogen and oxygen atoms in total. The molecule has 1 rings (SSSR count). The molecule has 1 aromatic carbocycles. The van der Waals surface area contributed by atoms with Crippen molar-refractivity contribution in [3.63, 3.8) is 0 Å². The van der Waals surface area contributed by atoms with Crippen molar-refractivity contribution in [2.24, 2.45) is 0 Å². The van der Waals surface area contributed by atoms with E-state index in [-0.39, 0.29) is 5.78 Å². The van der Waals surface area contributed by atoms with Crippen LogP contribution < -0.4 is 4.74 Å². The van der Waals surface area contributed by atoms with Gasteiger partial charge in [-0.1, -0.05) is 6.92 Å². The number of carbonyl (C=O) groups excluding carboxylic acids is 1. The Kier molecular flexibility index (Phi) is 4.07. The molecule has 0 saturated heterocycles. The fourth-order valence-corrected chi connectivity index (χ4v) is 1.71. The number of Topliss-reactive ketones (excluding diaryl/α,β-unsaturated/α-hetero) is 1. The fourth-order valence-electron chi connectivity index (χ4n) is 1.71. The van der Waals surface area contributed by atoms with Crippen molar-refractivity contribution in [2.45, 2.75) is 27.2 Å². The number of nitrogens with zero attached hydrogens (tertiary/aromatic N) is 1. The molecule has 16 heavy (non-hydrogen) atoms. The molecule has 0 heterocycles. The minimum atomic E-state index is 0.00212. The van der Waals surface area contributed by atoms with E-state index in [4.69, 9.17) is 10.00 Å². The second-order valence-corrected chi connectivity index (χ2v) is 3.42. The Hall–Kier alpha value is -1.82. The van der Waals surface area contributed by atoms with E-state index in [1.54, 1.807) is 12.1 Å². The monoisotopic (exact) mass is 217 g/mol. The van der Waals surface area contributed by atoms with Crippen LogP contribution in [0.15, 0.2) is 12.1 Å². The van der Waals surface area contributed by atoms with Gasteiger partial charge in [-0.25, -0.2) is 0 Å². The summed E-state index contributed by atoms with van der Waals surface area (Å²) in [4.78, 5) is 11.4. The van der Waals surface area contributed by atoms with E-state index >= 15 is 0 Å². The van der Waals surface area contributed by atoms with Crippen LogP contribution in [0, 0.1) is 11.3 Å². The van der Waals surface area contributed by atoms with E-state index in [2.05, 4.69) is 6.07 Å². The van der Waals surface area contributed by atoms with Crippen molar-refractivity contribution < 1.29 is 9.53 Å². The van der Waals surface area contributed by atoms with Crippen LogP contribution in [0.5, 0.6) is 5.75 Å².